The van der Waals surface area contributed by atoms with E-state index in [0.717, 1.165) is 0 Å². The van der Waals surface area contributed by atoms with Gasteiger partial charge >= 0.3 is 0 Å². The molecule has 0 saturated heterocycles. The zero-order valence-electron chi connectivity index (χ0n) is 8.91. The average Bonchev–Trinajstić information content (AvgIpc) is 1.84. The highest BCUT2D eigenvalue weighted by molar-refractivity contribution is 7.80. The molecule has 0 heterocycles. The molecule has 0 aliphatic rings. The molecule has 0 amide bonds. The molecular formula is C9H20N2S. The van der Waals surface area contributed by atoms with Crippen LogP contribution in [0.4, 0.5) is 0 Å². The van der Waals surface area contributed by atoms with Gasteiger partial charge in [0.1, 0.15) is 0 Å². The summed E-state index contributed by atoms with van der Waals surface area (Å²) in [6, 6.07) is 0. The first-order chi connectivity index (χ1) is 5.20. The minimum atomic E-state index is 0.00704. The molecule has 0 rings (SSSR count). The second-order valence-corrected chi connectivity index (χ2v) is 4.99. The minimum Gasteiger partial charge on any atom is -0.366 e. The number of thiocarbonyl (C=S) groups is 1. The lowest BCUT2D eigenvalue weighted by Gasteiger charge is -2.40. The van der Waals surface area contributed by atoms with E-state index < -0.39 is 0 Å². The highest BCUT2D eigenvalue weighted by Gasteiger charge is 2.32. The third-order valence-electron chi connectivity index (χ3n) is 2.53. The molecule has 0 aliphatic heterocycles. The van der Waals surface area contributed by atoms with E-state index >= 15 is 0 Å². The van der Waals surface area contributed by atoms with E-state index in [4.69, 9.17) is 12.2 Å². The van der Waals surface area contributed by atoms with Gasteiger partial charge in [-0.2, -0.15) is 0 Å². The smallest absolute Gasteiger partial charge is 0.166 e. The summed E-state index contributed by atoms with van der Waals surface area (Å²) in [6.45, 7) is 10.9. The molecule has 0 saturated carbocycles. The zero-order valence-corrected chi connectivity index (χ0v) is 9.72. The quantitative estimate of drug-likeness (QED) is 0.615. The van der Waals surface area contributed by atoms with Crippen LogP contribution in [0.1, 0.15) is 34.6 Å². The van der Waals surface area contributed by atoms with E-state index in [-0.39, 0.29) is 11.0 Å². The molecule has 0 aromatic carbocycles. The van der Waals surface area contributed by atoms with Crippen LogP contribution in [-0.4, -0.2) is 17.7 Å². The van der Waals surface area contributed by atoms with E-state index in [0.29, 0.717) is 5.11 Å². The van der Waals surface area contributed by atoms with Crippen molar-refractivity contribution in [1.82, 2.24) is 10.6 Å². The monoisotopic (exact) mass is 188 g/mol. The topological polar surface area (TPSA) is 24.1 Å². The Kier molecular flexibility index (Phi) is 3.51. The lowest BCUT2D eigenvalue weighted by atomic mass is 9.76. The van der Waals surface area contributed by atoms with Gasteiger partial charge in [0.25, 0.3) is 0 Å². The van der Waals surface area contributed by atoms with E-state index in [1.165, 1.54) is 0 Å². The summed E-state index contributed by atoms with van der Waals surface area (Å²) in [6.07, 6.45) is 0. The van der Waals surface area contributed by atoms with Crippen LogP contribution in [0, 0.1) is 5.41 Å². The molecular weight excluding hydrogens is 168 g/mol. The van der Waals surface area contributed by atoms with E-state index in [2.05, 4.69) is 45.3 Å². The first-order valence-electron chi connectivity index (χ1n) is 4.20. The van der Waals surface area contributed by atoms with Crippen LogP contribution in [0.15, 0.2) is 0 Å². The summed E-state index contributed by atoms with van der Waals surface area (Å²) in [5.41, 5.74) is 0.195. The third kappa shape index (κ3) is 2.97. The molecule has 72 valence electrons. The molecule has 0 aromatic heterocycles. The molecule has 2 nitrogen and oxygen atoms in total. The Labute approximate surface area is 81.1 Å². The van der Waals surface area contributed by atoms with Gasteiger partial charge in [-0.1, -0.05) is 20.8 Å². The second-order valence-electron chi connectivity index (χ2n) is 4.58. The molecule has 0 bridgehead atoms. The SMILES string of the molecule is CNC(=S)NC(C)(C)C(C)(C)C. The Bertz CT molecular complexity index is 168. The minimum absolute atomic E-state index is 0.00704. The summed E-state index contributed by atoms with van der Waals surface area (Å²) in [5.74, 6) is 0. The van der Waals surface area contributed by atoms with Gasteiger partial charge in [-0.25, -0.2) is 0 Å². The standard InChI is InChI=1S/C9H20N2S/c1-8(2,3)9(4,5)11-7(12)10-6/h1-6H3,(H2,10,11,12). The van der Waals surface area contributed by atoms with E-state index in [9.17, 15) is 0 Å². The number of rotatable bonds is 1. The largest absolute Gasteiger partial charge is 0.366 e. The van der Waals surface area contributed by atoms with Crippen LogP contribution in [0.5, 0.6) is 0 Å². The summed E-state index contributed by atoms with van der Waals surface area (Å²) in [4.78, 5) is 0. The fraction of sp³-hybridized carbons (Fsp3) is 0.889. The average molecular weight is 188 g/mol. The maximum atomic E-state index is 5.05. The highest BCUT2D eigenvalue weighted by Crippen LogP contribution is 2.28. The van der Waals surface area contributed by atoms with Gasteiger partial charge in [-0.15, -0.1) is 0 Å². The Hall–Kier alpha value is -0.310. The van der Waals surface area contributed by atoms with Crippen LogP contribution in [-0.2, 0) is 0 Å². The predicted octanol–water partition coefficient (Wildman–Crippen LogP) is 1.90. The van der Waals surface area contributed by atoms with Crippen molar-refractivity contribution in [1.29, 1.82) is 0 Å². The normalized spacial score (nSPS) is 12.5. The zero-order chi connectivity index (χ0) is 9.99. The van der Waals surface area contributed by atoms with Crippen LogP contribution in [0.25, 0.3) is 0 Å². The van der Waals surface area contributed by atoms with Crippen molar-refractivity contribution in [3.05, 3.63) is 0 Å². The van der Waals surface area contributed by atoms with Gasteiger partial charge in [0.2, 0.25) is 0 Å². The molecule has 2 N–H and O–H groups in total. The molecule has 0 radical (unpaired) electrons. The van der Waals surface area contributed by atoms with Crippen LogP contribution < -0.4 is 10.6 Å². The fourth-order valence-electron chi connectivity index (χ4n) is 0.534. The molecule has 3 heteroatoms. The van der Waals surface area contributed by atoms with Crippen molar-refractivity contribution >= 4 is 17.3 Å². The molecule has 0 aliphatic carbocycles. The van der Waals surface area contributed by atoms with Crippen LogP contribution >= 0.6 is 12.2 Å². The Balaban J connectivity index is 4.33. The number of nitrogens with one attached hydrogen (secondary N) is 2. The van der Waals surface area contributed by atoms with Crippen molar-refractivity contribution in [3.8, 4) is 0 Å². The molecule has 0 aromatic rings. The molecule has 12 heavy (non-hydrogen) atoms. The van der Waals surface area contributed by atoms with Crippen molar-refractivity contribution in [2.45, 2.75) is 40.2 Å². The maximum Gasteiger partial charge on any atom is 0.166 e. The van der Waals surface area contributed by atoms with E-state index in [1.54, 1.807) is 0 Å². The predicted molar refractivity (Wildman–Crippen MR) is 58.3 cm³/mol. The lowest BCUT2D eigenvalue weighted by molar-refractivity contribution is 0.204. The van der Waals surface area contributed by atoms with Gasteiger partial charge in [0.15, 0.2) is 5.11 Å². The molecule has 0 atom stereocenters. The van der Waals surface area contributed by atoms with Crippen LogP contribution in [0.3, 0.4) is 0 Å². The Morgan fingerprint density at radius 2 is 1.50 bits per heavy atom. The van der Waals surface area contributed by atoms with Gasteiger partial charge in [-0.05, 0) is 31.5 Å². The number of hydrogen-bond acceptors (Lipinski definition) is 1. The summed E-state index contributed by atoms with van der Waals surface area (Å²) < 4.78 is 0. The summed E-state index contributed by atoms with van der Waals surface area (Å²) in [7, 11) is 1.83. The van der Waals surface area contributed by atoms with Crippen LogP contribution in [0.2, 0.25) is 0 Å². The fourth-order valence-corrected chi connectivity index (χ4v) is 0.789. The summed E-state index contributed by atoms with van der Waals surface area (Å²) >= 11 is 5.05. The lowest BCUT2D eigenvalue weighted by Crippen LogP contribution is -2.54. The second kappa shape index (κ2) is 3.60. The number of hydrogen-bond donors (Lipinski definition) is 2. The van der Waals surface area contributed by atoms with Gasteiger partial charge < -0.3 is 10.6 Å². The summed E-state index contributed by atoms with van der Waals surface area (Å²) in [5, 5.41) is 6.88. The Morgan fingerprint density at radius 1 is 1.08 bits per heavy atom. The van der Waals surface area contributed by atoms with Gasteiger partial charge in [-0.3, -0.25) is 0 Å². The van der Waals surface area contributed by atoms with Gasteiger partial charge in [0, 0.05) is 12.6 Å². The van der Waals surface area contributed by atoms with Gasteiger partial charge in [0.05, 0.1) is 0 Å². The van der Waals surface area contributed by atoms with Crippen molar-refractivity contribution in [2.24, 2.45) is 5.41 Å². The highest BCUT2D eigenvalue weighted by atomic mass is 32.1. The van der Waals surface area contributed by atoms with Crippen molar-refractivity contribution in [3.63, 3.8) is 0 Å². The first kappa shape index (κ1) is 11.7. The molecule has 0 fully saturated rings. The molecule has 0 spiro atoms. The maximum absolute atomic E-state index is 5.05. The van der Waals surface area contributed by atoms with Crippen molar-refractivity contribution < 1.29 is 0 Å². The first-order valence-corrected chi connectivity index (χ1v) is 4.61. The third-order valence-corrected chi connectivity index (χ3v) is 2.83. The Morgan fingerprint density at radius 3 is 1.75 bits per heavy atom. The van der Waals surface area contributed by atoms with Crippen molar-refractivity contribution in [2.75, 3.05) is 7.05 Å². The molecule has 0 unspecified atom stereocenters. The van der Waals surface area contributed by atoms with E-state index in [1.807, 2.05) is 7.05 Å².